The molecule has 1 aromatic heterocycles. The molecule has 0 fully saturated rings. The molecule has 0 aliphatic rings. The van der Waals surface area contributed by atoms with Crippen LogP contribution in [-0.4, -0.2) is 11.3 Å². The Hall–Kier alpha value is -1.70. The first-order valence-electron chi connectivity index (χ1n) is 4.54. The lowest BCUT2D eigenvalue weighted by Gasteiger charge is -2.02. The Kier molecular flexibility index (Phi) is 2.04. The van der Waals surface area contributed by atoms with Crippen molar-refractivity contribution in [2.75, 3.05) is 0 Å². The number of benzene rings is 1. The molecule has 0 amide bonds. The standard InChI is InChI=1S/C12H11NO/c1-8-3-4-10-6-11(7-14)9(2)13-12(10)5-8/h3-7H,1-2H3. The van der Waals surface area contributed by atoms with Crippen LogP contribution in [0.5, 0.6) is 0 Å². The van der Waals surface area contributed by atoms with E-state index in [0.29, 0.717) is 5.56 Å². The average molecular weight is 185 g/mol. The molecule has 0 aliphatic carbocycles. The van der Waals surface area contributed by atoms with Gasteiger partial charge in [0.05, 0.1) is 5.52 Å². The van der Waals surface area contributed by atoms with Crippen molar-refractivity contribution in [3.8, 4) is 0 Å². The van der Waals surface area contributed by atoms with Gasteiger partial charge in [0.2, 0.25) is 0 Å². The minimum Gasteiger partial charge on any atom is -0.298 e. The van der Waals surface area contributed by atoms with E-state index < -0.39 is 0 Å². The quantitative estimate of drug-likeness (QED) is 0.639. The van der Waals surface area contributed by atoms with E-state index in [-0.39, 0.29) is 0 Å². The highest BCUT2D eigenvalue weighted by molar-refractivity contribution is 5.87. The Bertz CT molecular complexity index is 503. The van der Waals surface area contributed by atoms with Crippen molar-refractivity contribution in [2.24, 2.45) is 0 Å². The van der Waals surface area contributed by atoms with E-state index in [9.17, 15) is 4.79 Å². The number of pyridine rings is 1. The Balaban J connectivity index is 2.79. The number of aryl methyl sites for hydroxylation is 2. The van der Waals surface area contributed by atoms with Crippen molar-refractivity contribution in [1.29, 1.82) is 0 Å². The molecule has 70 valence electrons. The van der Waals surface area contributed by atoms with Crippen molar-refractivity contribution in [1.82, 2.24) is 4.98 Å². The highest BCUT2D eigenvalue weighted by Crippen LogP contribution is 2.16. The molecule has 0 atom stereocenters. The Morgan fingerprint density at radius 2 is 2.00 bits per heavy atom. The smallest absolute Gasteiger partial charge is 0.151 e. The summed E-state index contributed by atoms with van der Waals surface area (Å²) in [5.41, 5.74) is 3.59. The number of rotatable bonds is 1. The molecule has 14 heavy (non-hydrogen) atoms. The maximum Gasteiger partial charge on any atom is 0.151 e. The van der Waals surface area contributed by atoms with Gasteiger partial charge in [0.25, 0.3) is 0 Å². The molecule has 0 bridgehead atoms. The zero-order valence-corrected chi connectivity index (χ0v) is 8.24. The maximum absolute atomic E-state index is 10.7. The molecule has 0 N–H and O–H groups in total. The fourth-order valence-electron chi connectivity index (χ4n) is 1.51. The van der Waals surface area contributed by atoms with Gasteiger partial charge in [-0.2, -0.15) is 0 Å². The average Bonchev–Trinajstić information content (AvgIpc) is 2.16. The summed E-state index contributed by atoms with van der Waals surface area (Å²) in [6.07, 6.45) is 0.849. The highest BCUT2D eigenvalue weighted by atomic mass is 16.1. The summed E-state index contributed by atoms with van der Waals surface area (Å²) >= 11 is 0. The molecule has 2 aromatic rings. The van der Waals surface area contributed by atoms with E-state index in [1.807, 2.05) is 38.1 Å². The van der Waals surface area contributed by atoms with E-state index in [2.05, 4.69) is 4.98 Å². The molecule has 0 aliphatic heterocycles. The van der Waals surface area contributed by atoms with Crippen LogP contribution >= 0.6 is 0 Å². The van der Waals surface area contributed by atoms with Gasteiger partial charge in [-0.25, -0.2) is 0 Å². The van der Waals surface area contributed by atoms with Gasteiger partial charge in [-0.1, -0.05) is 12.1 Å². The van der Waals surface area contributed by atoms with Gasteiger partial charge in [-0.05, 0) is 31.5 Å². The van der Waals surface area contributed by atoms with Crippen LogP contribution in [0.1, 0.15) is 21.6 Å². The number of aldehydes is 1. The molecule has 2 heteroatoms. The fourth-order valence-corrected chi connectivity index (χ4v) is 1.51. The monoisotopic (exact) mass is 185 g/mol. The molecular formula is C12H11NO. The van der Waals surface area contributed by atoms with Crippen LogP contribution in [0.15, 0.2) is 24.3 Å². The Morgan fingerprint density at radius 3 is 2.71 bits per heavy atom. The van der Waals surface area contributed by atoms with Gasteiger partial charge in [0.15, 0.2) is 6.29 Å². The number of nitrogens with zero attached hydrogens (tertiary/aromatic N) is 1. The van der Waals surface area contributed by atoms with Crippen LogP contribution in [0.4, 0.5) is 0 Å². The molecular weight excluding hydrogens is 174 g/mol. The minimum atomic E-state index is 0.668. The Labute approximate surface area is 82.6 Å². The summed E-state index contributed by atoms with van der Waals surface area (Å²) in [6.45, 7) is 3.88. The number of carbonyl (C=O) groups is 1. The zero-order valence-electron chi connectivity index (χ0n) is 8.24. The molecule has 1 heterocycles. The number of hydrogen-bond donors (Lipinski definition) is 0. The first-order chi connectivity index (χ1) is 6.70. The lowest BCUT2D eigenvalue weighted by atomic mass is 10.1. The molecule has 0 unspecified atom stereocenters. The molecule has 0 saturated carbocycles. The van der Waals surface area contributed by atoms with E-state index in [0.717, 1.165) is 22.9 Å². The van der Waals surface area contributed by atoms with E-state index in [4.69, 9.17) is 0 Å². The SMILES string of the molecule is Cc1ccc2cc(C=O)c(C)nc2c1. The maximum atomic E-state index is 10.7. The Morgan fingerprint density at radius 1 is 1.21 bits per heavy atom. The fraction of sp³-hybridized carbons (Fsp3) is 0.167. The number of hydrogen-bond acceptors (Lipinski definition) is 2. The van der Waals surface area contributed by atoms with Crippen LogP contribution in [-0.2, 0) is 0 Å². The van der Waals surface area contributed by atoms with Gasteiger partial charge in [-0.3, -0.25) is 9.78 Å². The molecule has 0 saturated heterocycles. The predicted molar refractivity (Wildman–Crippen MR) is 56.6 cm³/mol. The van der Waals surface area contributed by atoms with E-state index in [1.165, 1.54) is 5.56 Å². The van der Waals surface area contributed by atoms with Gasteiger partial charge in [-0.15, -0.1) is 0 Å². The second-order valence-corrected chi connectivity index (χ2v) is 3.48. The van der Waals surface area contributed by atoms with Crippen LogP contribution in [0.3, 0.4) is 0 Å². The largest absolute Gasteiger partial charge is 0.298 e. The van der Waals surface area contributed by atoms with Gasteiger partial charge in [0.1, 0.15) is 0 Å². The first-order valence-corrected chi connectivity index (χ1v) is 4.54. The van der Waals surface area contributed by atoms with E-state index in [1.54, 1.807) is 0 Å². The van der Waals surface area contributed by atoms with Crippen LogP contribution < -0.4 is 0 Å². The third kappa shape index (κ3) is 1.39. The summed E-state index contributed by atoms with van der Waals surface area (Å²) in [6, 6.07) is 7.92. The molecule has 2 nitrogen and oxygen atoms in total. The highest BCUT2D eigenvalue weighted by Gasteiger charge is 2.01. The lowest BCUT2D eigenvalue weighted by molar-refractivity contribution is 0.112. The third-order valence-electron chi connectivity index (χ3n) is 2.33. The van der Waals surface area contributed by atoms with Crippen LogP contribution in [0.25, 0.3) is 10.9 Å². The van der Waals surface area contributed by atoms with Crippen molar-refractivity contribution < 1.29 is 4.79 Å². The van der Waals surface area contributed by atoms with Crippen molar-refractivity contribution in [3.05, 3.63) is 41.1 Å². The molecule has 2 rings (SSSR count). The van der Waals surface area contributed by atoms with E-state index >= 15 is 0 Å². The second-order valence-electron chi connectivity index (χ2n) is 3.48. The summed E-state index contributed by atoms with van der Waals surface area (Å²) in [5, 5.41) is 1.02. The van der Waals surface area contributed by atoms with Crippen molar-refractivity contribution in [3.63, 3.8) is 0 Å². The summed E-state index contributed by atoms with van der Waals surface area (Å²) < 4.78 is 0. The molecule has 0 spiro atoms. The topological polar surface area (TPSA) is 30.0 Å². The summed E-state index contributed by atoms with van der Waals surface area (Å²) in [5.74, 6) is 0. The third-order valence-corrected chi connectivity index (χ3v) is 2.33. The van der Waals surface area contributed by atoms with Crippen molar-refractivity contribution in [2.45, 2.75) is 13.8 Å². The van der Waals surface area contributed by atoms with Gasteiger partial charge in [0, 0.05) is 16.6 Å². The molecule has 1 aromatic carbocycles. The molecule has 0 radical (unpaired) electrons. The van der Waals surface area contributed by atoms with Gasteiger partial charge < -0.3 is 0 Å². The number of fused-ring (bicyclic) bond motifs is 1. The number of carbonyl (C=O) groups excluding carboxylic acids is 1. The first kappa shape index (κ1) is 8.88. The van der Waals surface area contributed by atoms with Crippen LogP contribution in [0.2, 0.25) is 0 Å². The number of aromatic nitrogens is 1. The second kappa shape index (κ2) is 3.22. The lowest BCUT2D eigenvalue weighted by Crippen LogP contribution is -1.91. The zero-order chi connectivity index (χ0) is 10.1. The normalized spacial score (nSPS) is 10.4. The minimum absolute atomic E-state index is 0.668. The van der Waals surface area contributed by atoms with Crippen LogP contribution in [0, 0.1) is 13.8 Å². The van der Waals surface area contributed by atoms with Crippen molar-refractivity contribution >= 4 is 17.2 Å². The summed E-state index contributed by atoms with van der Waals surface area (Å²) in [4.78, 5) is 15.1. The predicted octanol–water partition coefficient (Wildman–Crippen LogP) is 2.66. The van der Waals surface area contributed by atoms with Gasteiger partial charge >= 0.3 is 0 Å². The summed E-state index contributed by atoms with van der Waals surface area (Å²) in [7, 11) is 0.